The molecule has 15 heavy (non-hydrogen) atoms. The molecule has 0 saturated carbocycles. The lowest BCUT2D eigenvalue weighted by molar-refractivity contribution is 1.02. The third kappa shape index (κ3) is 2.25. The van der Waals surface area contributed by atoms with E-state index in [1.807, 2.05) is 37.3 Å². The summed E-state index contributed by atoms with van der Waals surface area (Å²) in [7, 11) is 0. The average molecular weight is 237 g/mol. The third-order valence-corrected chi connectivity index (χ3v) is 2.78. The molecular formula is C11H9ClN2S. The van der Waals surface area contributed by atoms with E-state index in [2.05, 4.69) is 10.2 Å². The molecule has 0 saturated heterocycles. The van der Waals surface area contributed by atoms with Gasteiger partial charge in [-0.25, -0.2) is 0 Å². The van der Waals surface area contributed by atoms with Crippen LogP contribution in [-0.4, -0.2) is 10.2 Å². The van der Waals surface area contributed by atoms with E-state index in [4.69, 9.17) is 23.8 Å². The maximum absolute atomic E-state index is 6.04. The van der Waals surface area contributed by atoms with Gasteiger partial charge >= 0.3 is 0 Å². The number of hydrogen-bond acceptors (Lipinski definition) is 2. The van der Waals surface area contributed by atoms with E-state index in [0.29, 0.717) is 4.64 Å². The first kappa shape index (κ1) is 10.3. The van der Waals surface area contributed by atoms with Gasteiger partial charge in [0.25, 0.3) is 0 Å². The van der Waals surface area contributed by atoms with Gasteiger partial charge in [-0.2, -0.15) is 5.10 Å². The standard InChI is InChI=1S/C11H9ClN2S/c1-7-2-3-8(6-9(7)12)10-4-5-11(15)14-13-10/h2-6H,1H3,(H,14,15). The Kier molecular flexibility index (Phi) is 2.84. The zero-order valence-corrected chi connectivity index (χ0v) is 9.69. The molecule has 1 aromatic heterocycles. The van der Waals surface area contributed by atoms with E-state index in [0.717, 1.165) is 21.8 Å². The Morgan fingerprint density at radius 1 is 1.27 bits per heavy atom. The predicted octanol–water partition coefficient (Wildman–Crippen LogP) is 3.77. The number of aryl methyl sites for hydroxylation is 1. The van der Waals surface area contributed by atoms with Gasteiger partial charge in [-0.05, 0) is 30.7 Å². The van der Waals surface area contributed by atoms with Crippen molar-refractivity contribution >= 4 is 23.8 Å². The topological polar surface area (TPSA) is 28.7 Å². The van der Waals surface area contributed by atoms with Gasteiger partial charge in [0.05, 0.1) is 5.69 Å². The summed E-state index contributed by atoms with van der Waals surface area (Å²) in [5.41, 5.74) is 2.88. The molecule has 2 aromatic rings. The first-order valence-corrected chi connectivity index (χ1v) is 5.28. The number of nitrogens with one attached hydrogen (secondary N) is 1. The Morgan fingerprint density at radius 2 is 2.07 bits per heavy atom. The molecular weight excluding hydrogens is 228 g/mol. The minimum Gasteiger partial charge on any atom is -0.267 e. The lowest BCUT2D eigenvalue weighted by atomic mass is 10.1. The predicted molar refractivity (Wildman–Crippen MR) is 64.6 cm³/mol. The van der Waals surface area contributed by atoms with E-state index >= 15 is 0 Å². The van der Waals surface area contributed by atoms with E-state index in [1.165, 1.54) is 0 Å². The first-order valence-electron chi connectivity index (χ1n) is 4.49. The summed E-state index contributed by atoms with van der Waals surface area (Å²) < 4.78 is 0.622. The summed E-state index contributed by atoms with van der Waals surface area (Å²) in [5.74, 6) is 0. The largest absolute Gasteiger partial charge is 0.267 e. The van der Waals surface area contributed by atoms with Crippen LogP contribution in [0, 0.1) is 11.6 Å². The average Bonchev–Trinajstić information content (AvgIpc) is 2.23. The van der Waals surface area contributed by atoms with Crippen LogP contribution in [0.2, 0.25) is 5.02 Å². The van der Waals surface area contributed by atoms with E-state index in [9.17, 15) is 0 Å². The van der Waals surface area contributed by atoms with Crippen molar-refractivity contribution in [2.45, 2.75) is 6.92 Å². The highest BCUT2D eigenvalue weighted by molar-refractivity contribution is 7.71. The Balaban J connectivity index is 2.50. The normalized spacial score (nSPS) is 10.3. The Labute approximate surface area is 97.9 Å². The van der Waals surface area contributed by atoms with Crippen molar-refractivity contribution in [1.29, 1.82) is 0 Å². The summed E-state index contributed by atoms with van der Waals surface area (Å²) >= 11 is 11.0. The summed E-state index contributed by atoms with van der Waals surface area (Å²) in [6, 6.07) is 9.54. The summed E-state index contributed by atoms with van der Waals surface area (Å²) in [6.45, 7) is 1.97. The number of hydrogen-bond donors (Lipinski definition) is 1. The van der Waals surface area contributed by atoms with Crippen LogP contribution in [0.3, 0.4) is 0 Å². The van der Waals surface area contributed by atoms with Gasteiger partial charge in [-0.1, -0.05) is 36.0 Å². The molecule has 0 aliphatic carbocycles. The number of halogens is 1. The molecule has 0 bridgehead atoms. The van der Waals surface area contributed by atoms with E-state index in [1.54, 1.807) is 0 Å². The monoisotopic (exact) mass is 236 g/mol. The van der Waals surface area contributed by atoms with Gasteiger partial charge in [0.15, 0.2) is 0 Å². The number of benzene rings is 1. The summed E-state index contributed by atoms with van der Waals surface area (Å²) in [6.07, 6.45) is 0. The molecule has 4 heteroatoms. The second kappa shape index (κ2) is 4.13. The van der Waals surface area contributed by atoms with Crippen molar-refractivity contribution in [3.63, 3.8) is 0 Å². The molecule has 0 radical (unpaired) electrons. The molecule has 0 amide bonds. The summed E-state index contributed by atoms with van der Waals surface area (Å²) in [4.78, 5) is 0. The molecule has 0 aliphatic heterocycles. The molecule has 0 atom stereocenters. The molecule has 0 unspecified atom stereocenters. The second-order valence-electron chi connectivity index (χ2n) is 3.27. The Hall–Kier alpha value is -1.19. The Morgan fingerprint density at radius 3 is 2.67 bits per heavy atom. The second-order valence-corrected chi connectivity index (χ2v) is 4.12. The molecule has 1 aromatic carbocycles. The fraction of sp³-hybridized carbons (Fsp3) is 0.0909. The lowest BCUT2D eigenvalue weighted by Gasteiger charge is -2.02. The van der Waals surface area contributed by atoms with Gasteiger partial charge in [-0.15, -0.1) is 0 Å². The van der Waals surface area contributed by atoms with Crippen molar-refractivity contribution in [1.82, 2.24) is 10.2 Å². The first-order chi connectivity index (χ1) is 7.16. The number of aromatic amines is 1. The van der Waals surface area contributed by atoms with Crippen LogP contribution in [0.5, 0.6) is 0 Å². The fourth-order valence-corrected chi connectivity index (χ4v) is 1.55. The number of nitrogens with zero attached hydrogens (tertiary/aromatic N) is 1. The van der Waals surface area contributed by atoms with Crippen LogP contribution in [0.4, 0.5) is 0 Å². The van der Waals surface area contributed by atoms with Gasteiger partial charge < -0.3 is 0 Å². The zero-order valence-electron chi connectivity index (χ0n) is 8.12. The van der Waals surface area contributed by atoms with Gasteiger partial charge in [-0.3, -0.25) is 5.10 Å². The molecule has 76 valence electrons. The maximum atomic E-state index is 6.04. The van der Waals surface area contributed by atoms with Crippen molar-refractivity contribution < 1.29 is 0 Å². The zero-order chi connectivity index (χ0) is 10.8. The third-order valence-electron chi connectivity index (χ3n) is 2.15. The van der Waals surface area contributed by atoms with E-state index in [-0.39, 0.29) is 0 Å². The van der Waals surface area contributed by atoms with Crippen LogP contribution in [0.15, 0.2) is 30.3 Å². The smallest absolute Gasteiger partial charge is 0.119 e. The highest BCUT2D eigenvalue weighted by Crippen LogP contribution is 2.23. The number of H-pyrrole nitrogens is 1. The van der Waals surface area contributed by atoms with Crippen LogP contribution < -0.4 is 0 Å². The lowest BCUT2D eigenvalue weighted by Crippen LogP contribution is -1.87. The summed E-state index contributed by atoms with van der Waals surface area (Å²) in [5, 5.41) is 7.63. The highest BCUT2D eigenvalue weighted by atomic mass is 35.5. The van der Waals surface area contributed by atoms with Gasteiger partial charge in [0, 0.05) is 10.6 Å². The van der Waals surface area contributed by atoms with Crippen LogP contribution in [-0.2, 0) is 0 Å². The quantitative estimate of drug-likeness (QED) is 0.764. The number of aromatic nitrogens is 2. The molecule has 2 nitrogen and oxygen atoms in total. The molecule has 0 aliphatic rings. The Bertz CT molecular complexity index is 528. The number of rotatable bonds is 1. The van der Waals surface area contributed by atoms with Gasteiger partial charge in [0.2, 0.25) is 0 Å². The van der Waals surface area contributed by atoms with Gasteiger partial charge in [0.1, 0.15) is 4.64 Å². The minimum absolute atomic E-state index is 0.622. The molecule has 1 N–H and O–H groups in total. The molecule has 0 spiro atoms. The van der Waals surface area contributed by atoms with E-state index < -0.39 is 0 Å². The van der Waals surface area contributed by atoms with Crippen LogP contribution >= 0.6 is 23.8 Å². The van der Waals surface area contributed by atoms with Crippen molar-refractivity contribution in [3.8, 4) is 11.3 Å². The highest BCUT2D eigenvalue weighted by Gasteiger charge is 2.01. The maximum Gasteiger partial charge on any atom is 0.119 e. The van der Waals surface area contributed by atoms with Crippen molar-refractivity contribution in [2.24, 2.45) is 0 Å². The van der Waals surface area contributed by atoms with Crippen molar-refractivity contribution in [2.75, 3.05) is 0 Å². The molecule has 2 rings (SSSR count). The minimum atomic E-state index is 0.622. The van der Waals surface area contributed by atoms with Crippen LogP contribution in [0.1, 0.15) is 5.56 Å². The molecule has 1 heterocycles. The van der Waals surface area contributed by atoms with Crippen molar-refractivity contribution in [3.05, 3.63) is 45.6 Å². The molecule has 0 fully saturated rings. The fourth-order valence-electron chi connectivity index (χ4n) is 1.26. The van der Waals surface area contributed by atoms with Crippen LogP contribution in [0.25, 0.3) is 11.3 Å². The SMILES string of the molecule is Cc1ccc(-c2ccc(=S)[nH]n2)cc1Cl.